The van der Waals surface area contributed by atoms with E-state index >= 15 is 0 Å². The zero-order valence-electron chi connectivity index (χ0n) is 33.6. The number of carbonyl (C=O) groups excluding carboxylic acids is 3. The fourth-order valence-electron chi connectivity index (χ4n) is 8.97. The van der Waals surface area contributed by atoms with E-state index < -0.39 is 0 Å². The van der Waals surface area contributed by atoms with Crippen molar-refractivity contribution in [2.24, 2.45) is 23.2 Å². The second-order valence-corrected chi connectivity index (χ2v) is 19.3. The summed E-state index contributed by atoms with van der Waals surface area (Å²) in [7, 11) is 0. The second-order valence-electron chi connectivity index (χ2n) is 16.8. The van der Waals surface area contributed by atoms with E-state index in [4.69, 9.17) is 26.3 Å². The Labute approximate surface area is 359 Å². The van der Waals surface area contributed by atoms with Crippen molar-refractivity contribution in [3.63, 3.8) is 0 Å². The fraction of sp³-hybridized carbons (Fsp3) is 0.356. The number of nitrogens with one attached hydrogen (secondary N) is 3. The van der Waals surface area contributed by atoms with Crippen LogP contribution >= 0.6 is 34.3 Å². The molecule has 4 fully saturated rings. The molecule has 12 nitrogen and oxygen atoms in total. The van der Waals surface area contributed by atoms with Gasteiger partial charge in [-0.2, -0.15) is 0 Å². The minimum atomic E-state index is -0.271. The predicted octanol–water partition coefficient (Wildman–Crippen LogP) is 7.37. The van der Waals surface area contributed by atoms with Crippen molar-refractivity contribution < 1.29 is 23.8 Å². The van der Waals surface area contributed by atoms with Crippen LogP contribution in [0, 0.1) is 43.1 Å². The minimum absolute atomic E-state index is 0.0774. The maximum Gasteiger partial charge on any atom is 0.429 e. The largest absolute Gasteiger partial charge is 0.488 e. The first-order chi connectivity index (χ1) is 29.0. The van der Waals surface area contributed by atoms with Crippen molar-refractivity contribution in [2.45, 2.75) is 53.2 Å². The third-order valence-corrected chi connectivity index (χ3v) is 14.7. The van der Waals surface area contributed by atoms with Crippen molar-refractivity contribution in [2.75, 3.05) is 31.5 Å². The standard InChI is InChI=1S/C45H42ClN8O4S2/c1-23-14-26(46)15-34(39(23)58-28-6-5-10-47-21-28)30-8-12-54(44-32(30)9-13-59-44)50-20-27-16-33(38(24(2)51-27)52-41(55)25-18-48-19-25)31-7-11-49-35-17-29(60-40(31)35)22-53-42(56)36-37(43(53)57)45(36,3)4/h7-9,11-17,25,28,36-37,47-48H,5-6,10,18-19,21-22H2,1-4H3/q+1/p+1/t28-,36?,37?/m0/s1. The van der Waals surface area contributed by atoms with Gasteiger partial charge in [0, 0.05) is 64.1 Å². The van der Waals surface area contributed by atoms with Gasteiger partial charge >= 0.3 is 10.9 Å². The molecule has 3 amide bonds. The van der Waals surface area contributed by atoms with Crippen molar-refractivity contribution in [1.29, 1.82) is 0 Å². The molecule has 2 unspecified atom stereocenters. The highest BCUT2D eigenvalue weighted by molar-refractivity contribution is 7.19. The van der Waals surface area contributed by atoms with Gasteiger partial charge in [0.25, 0.3) is 11.2 Å². The first-order valence-corrected chi connectivity index (χ1v) is 22.4. The summed E-state index contributed by atoms with van der Waals surface area (Å²) in [6, 6.07) is 17.0. The number of aryl methyl sites for hydroxylation is 2. The number of carbonyl (C=O) groups is 3. The van der Waals surface area contributed by atoms with Crippen LogP contribution in [0.1, 0.15) is 48.5 Å². The summed E-state index contributed by atoms with van der Waals surface area (Å²) in [5, 5.41) is 13.5. The number of rotatable bonds is 8. The van der Waals surface area contributed by atoms with Gasteiger partial charge in [-0.05, 0) is 86.0 Å². The van der Waals surface area contributed by atoms with Gasteiger partial charge in [0.05, 0.1) is 51.3 Å². The molecule has 60 heavy (non-hydrogen) atoms. The van der Waals surface area contributed by atoms with Crippen LogP contribution in [-0.4, -0.2) is 64.9 Å². The number of nitrogens with zero attached hydrogens (tertiary/aromatic N) is 5. The van der Waals surface area contributed by atoms with Gasteiger partial charge in [-0.1, -0.05) is 36.8 Å². The molecule has 10 rings (SSSR count). The summed E-state index contributed by atoms with van der Waals surface area (Å²) >= 11 is 9.72. The number of thiophene rings is 2. The van der Waals surface area contributed by atoms with Crippen LogP contribution in [0.2, 0.25) is 5.02 Å². The zero-order chi connectivity index (χ0) is 41.4. The molecule has 3 atom stereocenters. The molecule has 304 valence electrons. The first-order valence-electron chi connectivity index (χ1n) is 20.3. The first kappa shape index (κ1) is 38.9. The third-order valence-electron chi connectivity index (χ3n) is 12.4. The van der Waals surface area contributed by atoms with Gasteiger partial charge in [0.1, 0.15) is 11.9 Å². The van der Waals surface area contributed by atoms with Gasteiger partial charge in [0.15, 0.2) is 10.4 Å². The van der Waals surface area contributed by atoms with Crippen LogP contribution in [0.4, 0.5) is 5.69 Å². The normalized spacial score (nSPS) is 20.8. The molecule has 3 saturated heterocycles. The van der Waals surface area contributed by atoms with Gasteiger partial charge in [-0.15, -0.1) is 11.3 Å². The van der Waals surface area contributed by atoms with E-state index in [9.17, 15) is 14.4 Å². The second kappa shape index (κ2) is 15.0. The number of hydrogen-bond acceptors (Lipinski definition) is 10. The molecule has 0 spiro atoms. The maximum absolute atomic E-state index is 13.4. The number of anilines is 1. The highest BCUT2D eigenvalue weighted by Crippen LogP contribution is 2.63. The van der Waals surface area contributed by atoms with E-state index in [0.717, 1.165) is 84.8 Å². The summed E-state index contributed by atoms with van der Waals surface area (Å²) in [5.41, 5.74) is 6.66. The van der Waals surface area contributed by atoms with Crippen LogP contribution in [0.5, 0.6) is 5.75 Å². The summed E-state index contributed by atoms with van der Waals surface area (Å²) < 4.78 is 9.32. The Morgan fingerprint density at radius 1 is 1.05 bits per heavy atom. The monoisotopic (exact) mass is 858 g/mol. The summed E-state index contributed by atoms with van der Waals surface area (Å²) in [6.45, 7) is 11.1. The Morgan fingerprint density at radius 2 is 1.87 bits per heavy atom. The topological polar surface area (TPSA) is 134 Å². The Kier molecular flexibility index (Phi) is 9.72. The molecule has 1 saturated carbocycles. The van der Waals surface area contributed by atoms with Crippen LogP contribution < -0.4 is 25.4 Å². The average molecular weight is 859 g/mol. The molecular weight excluding hydrogens is 816 g/mol. The van der Waals surface area contributed by atoms with Crippen molar-refractivity contribution in [3.05, 3.63) is 92.0 Å². The number of halogens is 1. The molecule has 3 aliphatic heterocycles. The zero-order valence-corrected chi connectivity index (χ0v) is 36.0. The number of imide groups is 1. The molecule has 15 heteroatoms. The smallest absolute Gasteiger partial charge is 0.429 e. The minimum Gasteiger partial charge on any atom is -0.488 e. The lowest BCUT2D eigenvalue weighted by Crippen LogP contribution is -2.48. The van der Waals surface area contributed by atoms with Crippen molar-refractivity contribution in [1.82, 2.24) is 25.5 Å². The highest BCUT2D eigenvalue weighted by Gasteiger charge is 2.72. The molecule has 6 aromatic rings. The van der Waals surface area contributed by atoms with Crippen molar-refractivity contribution in [3.8, 4) is 34.1 Å². The highest BCUT2D eigenvalue weighted by atomic mass is 35.5. The lowest BCUT2D eigenvalue weighted by atomic mass is 9.99. The maximum atomic E-state index is 13.4. The predicted molar refractivity (Wildman–Crippen MR) is 234 cm³/mol. The Balaban J connectivity index is 1.01. The Bertz CT molecular complexity index is 2830. The average Bonchev–Trinajstić information content (AvgIpc) is 3.63. The lowest BCUT2D eigenvalue weighted by Gasteiger charge is -2.26. The van der Waals surface area contributed by atoms with Crippen LogP contribution in [-0.2, 0) is 20.9 Å². The number of ether oxygens (including phenoxy) is 1. The van der Waals surface area contributed by atoms with Gasteiger partial charge < -0.3 is 20.7 Å². The molecule has 1 aromatic carbocycles. The van der Waals surface area contributed by atoms with E-state index in [1.54, 1.807) is 22.2 Å². The number of pyridine rings is 3. The fourth-order valence-corrected chi connectivity index (χ4v) is 11.2. The molecule has 1 aliphatic carbocycles. The Morgan fingerprint density at radius 3 is 2.62 bits per heavy atom. The van der Waals surface area contributed by atoms with E-state index in [1.807, 2.05) is 75.7 Å². The third kappa shape index (κ3) is 6.73. The number of hydrogen-bond donors (Lipinski definition) is 3. The number of aromatic nitrogens is 3. The SMILES string of the molecule is Cc1cc(Cl)cc(-c2cc[n+]([N+]#Cc3cc(-c4ccnc5cc(CN6C(=O)C7C(C6=O)C7(C)C)sc45)c(NC(=O)C4CNC4)c(C)n3)c3sccc23)c1O[C@H]1CCCNC1. The van der Waals surface area contributed by atoms with Crippen LogP contribution in [0.3, 0.4) is 0 Å². The summed E-state index contributed by atoms with van der Waals surface area (Å²) in [4.78, 5) is 57.3. The van der Waals surface area contributed by atoms with E-state index in [-0.39, 0.29) is 53.5 Å². The molecule has 0 radical (unpaired) electrons. The number of benzene rings is 1. The van der Waals surface area contributed by atoms with Crippen LogP contribution in [0.15, 0.2) is 60.2 Å². The molecule has 0 bridgehead atoms. The van der Waals surface area contributed by atoms with Gasteiger partial charge in [0.2, 0.25) is 17.7 Å². The summed E-state index contributed by atoms with van der Waals surface area (Å²) in [5.74, 6) is -0.0592. The number of amides is 3. The van der Waals surface area contributed by atoms with E-state index in [2.05, 4.69) is 33.1 Å². The van der Waals surface area contributed by atoms with E-state index in [0.29, 0.717) is 35.2 Å². The van der Waals surface area contributed by atoms with Crippen LogP contribution in [0.25, 0.3) is 47.6 Å². The molecular formula is C45H43ClN8O4S2+2. The number of fused-ring (bicyclic) bond motifs is 3. The number of piperidine rings is 2. The summed E-state index contributed by atoms with van der Waals surface area (Å²) in [6.07, 6.45) is 5.79. The van der Waals surface area contributed by atoms with Crippen molar-refractivity contribution >= 4 is 78.1 Å². The molecule has 4 aliphatic rings. The lowest BCUT2D eigenvalue weighted by molar-refractivity contribution is -0.579. The number of likely N-dealkylation sites (tertiary alicyclic amines) is 1. The quantitative estimate of drug-likeness (QED) is 0.107. The van der Waals surface area contributed by atoms with E-state index in [1.165, 1.54) is 16.2 Å². The van der Waals surface area contributed by atoms with Gasteiger partial charge in [-0.25, -0.2) is 4.98 Å². The van der Waals surface area contributed by atoms with Gasteiger partial charge in [-0.3, -0.25) is 24.3 Å². The molecule has 5 aromatic heterocycles. The molecule has 8 heterocycles. The molecule has 3 N–H and O–H groups in total. The Hall–Kier alpha value is -5.30.